The first kappa shape index (κ1) is 9.93. The Labute approximate surface area is 78.5 Å². The summed E-state index contributed by atoms with van der Waals surface area (Å²) in [5, 5.41) is 0. The van der Waals surface area contributed by atoms with Gasteiger partial charge in [-0.3, -0.25) is 4.79 Å². The lowest BCUT2D eigenvalue weighted by Gasteiger charge is -1.86. The van der Waals surface area contributed by atoms with Crippen molar-refractivity contribution in [2.75, 3.05) is 12.0 Å². The fourth-order valence-corrected chi connectivity index (χ4v) is 2.34. The third kappa shape index (κ3) is 1.95. The normalized spacial score (nSPS) is 11.5. The molecule has 0 aliphatic rings. The fourth-order valence-electron chi connectivity index (χ4n) is 0.647. The average Bonchev–Trinajstić information content (AvgIpc) is 2.29. The zero-order valence-corrected chi connectivity index (χ0v) is 8.28. The highest BCUT2D eigenvalue weighted by Gasteiger charge is 2.19. The van der Waals surface area contributed by atoms with Crippen molar-refractivity contribution < 1.29 is 13.2 Å². The molecular weight excluding hydrogens is 214 g/mol. The van der Waals surface area contributed by atoms with Crippen molar-refractivity contribution in [3.8, 4) is 0 Å². The largest absolute Gasteiger partial charge is 0.382 e. The summed E-state index contributed by atoms with van der Waals surface area (Å²) in [7, 11) is -3.42. The smallest absolute Gasteiger partial charge is 0.262 e. The Morgan fingerprint density at radius 1 is 1.54 bits per heavy atom. The second-order valence-corrected chi connectivity index (χ2v) is 5.52. The molecule has 0 saturated heterocycles. The summed E-state index contributed by atoms with van der Waals surface area (Å²) < 4.78 is 21.7. The third-order valence-corrected chi connectivity index (χ3v) is 3.94. The van der Waals surface area contributed by atoms with Crippen molar-refractivity contribution in [2.24, 2.45) is 5.73 Å². The fraction of sp³-hybridized carbons (Fsp3) is 0.200. The maximum atomic E-state index is 11.0. The van der Waals surface area contributed by atoms with Crippen molar-refractivity contribution in [2.45, 2.75) is 4.34 Å². The molecule has 0 radical (unpaired) electrons. The molecule has 0 aliphatic carbocycles. The van der Waals surface area contributed by atoms with Crippen LogP contribution in [0.25, 0.3) is 0 Å². The van der Waals surface area contributed by atoms with Gasteiger partial charge in [-0.05, 0) is 0 Å². The van der Waals surface area contributed by atoms with E-state index in [0.29, 0.717) is 11.3 Å². The van der Waals surface area contributed by atoms with Crippen molar-refractivity contribution in [3.05, 3.63) is 4.88 Å². The van der Waals surface area contributed by atoms with Crippen LogP contribution in [-0.2, 0) is 9.84 Å². The number of aromatic nitrogens is 1. The van der Waals surface area contributed by atoms with Gasteiger partial charge < -0.3 is 11.5 Å². The van der Waals surface area contributed by atoms with Crippen molar-refractivity contribution >= 4 is 32.9 Å². The number of carbonyl (C=O) groups is 1. The van der Waals surface area contributed by atoms with Gasteiger partial charge in [0.1, 0.15) is 10.7 Å². The zero-order chi connectivity index (χ0) is 10.2. The van der Waals surface area contributed by atoms with Gasteiger partial charge in [-0.25, -0.2) is 13.4 Å². The number of nitrogens with two attached hydrogens (primary N) is 2. The predicted octanol–water partition coefficient (Wildman–Crippen LogP) is -0.772. The molecule has 72 valence electrons. The summed E-state index contributed by atoms with van der Waals surface area (Å²) in [5.74, 6) is -0.914. The highest BCUT2D eigenvalue weighted by molar-refractivity contribution is 7.92. The number of hydrogen-bond acceptors (Lipinski definition) is 6. The van der Waals surface area contributed by atoms with Gasteiger partial charge in [-0.2, -0.15) is 0 Å². The van der Waals surface area contributed by atoms with Gasteiger partial charge >= 0.3 is 0 Å². The summed E-state index contributed by atoms with van der Waals surface area (Å²) in [6.07, 6.45) is 0.982. The van der Waals surface area contributed by atoms with E-state index < -0.39 is 15.7 Å². The molecule has 1 aromatic rings. The topological polar surface area (TPSA) is 116 Å². The molecule has 1 rings (SSSR count). The predicted molar refractivity (Wildman–Crippen MR) is 48.2 cm³/mol. The Balaban J connectivity index is 3.33. The molecule has 0 spiro atoms. The van der Waals surface area contributed by atoms with Crippen LogP contribution in [0.3, 0.4) is 0 Å². The first-order valence-corrected chi connectivity index (χ1v) is 5.79. The Morgan fingerprint density at radius 3 is 2.31 bits per heavy atom. The molecule has 1 heterocycles. The quantitative estimate of drug-likeness (QED) is 0.680. The SMILES string of the molecule is CS(=O)(=O)c1nc(N)c(C(N)=O)s1. The van der Waals surface area contributed by atoms with E-state index in [9.17, 15) is 13.2 Å². The molecule has 1 aromatic heterocycles. The van der Waals surface area contributed by atoms with Crippen LogP contribution in [0.4, 0.5) is 5.82 Å². The second-order valence-electron chi connectivity index (χ2n) is 2.33. The van der Waals surface area contributed by atoms with Crippen molar-refractivity contribution in [1.29, 1.82) is 0 Å². The Kier molecular flexibility index (Phi) is 2.26. The number of sulfone groups is 1. The monoisotopic (exact) mass is 221 g/mol. The van der Waals surface area contributed by atoms with Crippen LogP contribution in [0, 0.1) is 0 Å². The molecule has 0 saturated carbocycles. The van der Waals surface area contributed by atoms with E-state index in [4.69, 9.17) is 11.5 Å². The molecule has 13 heavy (non-hydrogen) atoms. The molecule has 8 heteroatoms. The van der Waals surface area contributed by atoms with E-state index in [2.05, 4.69) is 4.98 Å². The number of amides is 1. The van der Waals surface area contributed by atoms with Crippen LogP contribution in [0.15, 0.2) is 4.34 Å². The van der Waals surface area contributed by atoms with Gasteiger partial charge in [0, 0.05) is 6.26 Å². The first-order chi connectivity index (χ1) is 5.82. The minimum atomic E-state index is -3.42. The number of anilines is 1. The number of carbonyl (C=O) groups excluding carboxylic acids is 1. The van der Waals surface area contributed by atoms with Crippen LogP contribution >= 0.6 is 11.3 Å². The molecule has 4 N–H and O–H groups in total. The second kappa shape index (κ2) is 2.96. The van der Waals surface area contributed by atoms with Crippen LogP contribution in [0.2, 0.25) is 0 Å². The van der Waals surface area contributed by atoms with Crippen LogP contribution < -0.4 is 11.5 Å². The number of primary amides is 1. The molecule has 0 atom stereocenters. The van der Waals surface area contributed by atoms with Gasteiger partial charge in [0.2, 0.25) is 14.2 Å². The molecule has 0 aliphatic heterocycles. The van der Waals surface area contributed by atoms with Gasteiger partial charge in [0.15, 0.2) is 0 Å². The van der Waals surface area contributed by atoms with E-state index >= 15 is 0 Å². The van der Waals surface area contributed by atoms with E-state index in [1.165, 1.54) is 0 Å². The minimum absolute atomic E-state index is 0.0274. The van der Waals surface area contributed by atoms with Crippen molar-refractivity contribution in [3.63, 3.8) is 0 Å². The lowest BCUT2D eigenvalue weighted by molar-refractivity contribution is 0.100. The van der Waals surface area contributed by atoms with E-state index in [1.807, 2.05) is 0 Å². The van der Waals surface area contributed by atoms with Crippen LogP contribution in [0.5, 0.6) is 0 Å². The molecular formula is C5H7N3O3S2. The van der Waals surface area contributed by atoms with Gasteiger partial charge in [0.25, 0.3) is 5.91 Å². The summed E-state index contributed by atoms with van der Waals surface area (Å²) >= 11 is 0.676. The standard InChI is InChI=1S/C5H7N3O3S2/c1-13(10,11)5-8-3(6)2(12-5)4(7)9/h6H2,1H3,(H2,7,9). The van der Waals surface area contributed by atoms with Crippen LogP contribution in [0.1, 0.15) is 9.67 Å². The Morgan fingerprint density at radius 2 is 2.08 bits per heavy atom. The molecule has 0 bridgehead atoms. The lowest BCUT2D eigenvalue weighted by Crippen LogP contribution is -2.10. The highest BCUT2D eigenvalue weighted by Crippen LogP contribution is 2.23. The summed E-state index contributed by atoms with van der Waals surface area (Å²) in [6, 6.07) is 0. The molecule has 0 unspecified atom stereocenters. The number of thiazole rings is 1. The molecule has 0 fully saturated rings. The molecule has 6 nitrogen and oxygen atoms in total. The molecule has 0 aromatic carbocycles. The zero-order valence-electron chi connectivity index (χ0n) is 6.64. The minimum Gasteiger partial charge on any atom is -0.382 e. The van der Waals surface area contributed by atoms with E-state index in [1.54, 1.807) is 0 Å². The third-order valence-electron chi connectivity index (χ3n) is 1.17. The highest BCUT2D eigenvalue weighted by atomic mass is 32.2. The van der Waals surface area contributed by atoms with Gasteiger partial charge in [-0.1, -0.05) is 11.3 Å². The number of rotatable bonds is 2. The molecule has 1 amide bonds. The van der Waals surface area contributed by atoms with Gasteiger partial charge in [0.05, 0.1) is 0 Å². The number of nitrogens with zero attached hydrogens (tertiary/aromatic N) is 1. The number of hydrogen-bond donors (Lipinski definition) is 2. The van der Waals surface area contributed by atoms with E-state index in [0.717, 1.165) is 6.26 Å². The maximum absolute atomic E-state index is 11.0. The summed E-state index contributed by atoms with van der Waals surface area (Å²) in [5.41, 5.74) is 10.2. The van der Waals surface area contributed by atoms with Crippen molar-refractivity contribution in [1.82, 2.24) is 4.98 Å². The number of nitrogen functional groups attached to an aromatic ring is 1. The Hall–Kier alpha value is -1.15. The summed E-state index contributed by atoms with van der Waals surface area (Å²) in [6.45, 7) is 0. The van der Waals surface area contributed by atoms with Gasteiger partial charge in [-0.15, -0.1) is 0 Å². The first-order valence-electron chi connectivity index (χ1n) is 3.08. The Bertz CT molecular complexity index is 448. The summed E-state index contributed by atoms with van der Waals surface area (Å²) in [4.78, 5) is 14.2. The average molecular weight is 221 g/mol. The lowest BCUT2D eigenvalue weighted by atomic mass is 10.5. The van der Waals surface area contributed by atoms with E-state index in [-0.39, 0.29) is 15.0 Å². The maximum Gasteiger partial charge on any atom is 0.262 e. The van der Waals surface area contributed by atoms with Crippen LogP contribution in [-0.4, -0.2) is 25.6 Å².